The number of nitrogens with one attached hydrogen (secondary N) is 1. The number of methoxy groups -OCH3 is 1. The highest BCUT2D eigenvalue weighted by molar-refractivity contribution is 7.88. The monoisotopic (exact) mass is 391 g/mol. The number of fused-ring (bicyclic) bond motifs is 3. The molecule has 0 aliphatic carbocycles. The molecular weight excluding hydrogens is 366 g/mol. The molecule has 1 aromatic carbocycles. The molecule has 0 bridgehead atoms. The van der Waals surface area contributed by atoms with Crippen molar-refractivity contribution in [1.82, 2.24) is 19.5 Å². The number of aromatic nitrogens is 3. The van der Waals surface area contributed by atoms with Crippen molar-refractivity contribution in [3.05, 3.63) is 30.0 Å². The van der Waals surface area contributed by atoms with Crippen LogP contribution in [0.2, 0.25) is 0 Å². The lowest BCUT2D eigenvalue weighted by atomic mass is 10.1. The summed E-state index contributed by atoms with van der Waals surface area (Å²) in [5, 5.41) is 6.72. The summed E-state index contributed by atoms with van der Waals surface area (Å²) in [5.74, 6) is 0.417. The Morgan fingerprint density at radius 2 is 2.04 bits per heavy atom. The third kappa shape index (κ3) is 4.55. The van der Waals surface area contributed by atoms with E-state index in [2.05, 4.69) is 14.8 Å². The third-order valence-corrected chi connectivity index (χ3v) is 5.15. The quantitative estimate of drug-likeness (QED) is 0.537. The number of rotatable bonds is 9. The van der Waals surface area contributed by atoms with Crippen LogP contribution in [0.1, 0.15) is 18.5 Å². The molecule has 2 aromatic heterocycles. The number of nitrogens with zero attached hydrogens (tertiary/aromatic N) is 3. The summed E-state index contributed by atoms with van der Waals surface area (Å²) in [4.78, 5) is 4.47. The number of unbranched alkanes of at least 4 members (excludes halogenated alkanes) is 1. The Bertz CT molecular complexity index is 1050. The summed E-state index contributed by atoms with van der Waals surface area (Å²) < 4.78 is 32.1. The van der Waals surface area contributed by atoms with Gasteiger partial charge in [-0.2, -0.15) is 5.10 Å². The number of hydrogen-bond donors (Lipinski definition) is 2. The van der Waals surface area contributed by atoms with E-state index in [0.717, 1.165) is 41.2 Å². The van der Waals surface area contributed by atoms with Gasteiger partial charge in [-0.05, 0) is 25.3 Å². The number of aryl methyl sites for hydroxylation is 1. The van der Waals surface area contributed by atoms with E-state index < -0.39 is 10.0 Å². The van der Waals surface area contributed by atoms with Gasteiger partial charge >= 0.3 is 0 Å². The van der Waals surface area contributed by atoms with E-state index >= 15 is 0 Å². The number of benzene rings is 1. The van der Waals surface area contributed by atoms with Crippen LogP contribution in [0.4, 0.5) is 5.82 Å². The van der Waals surface area contributed by atoms with Crippen molar-refractivity contribution >= 4 is 37.6 Å². The Labute approximate surface area is 158 Å². The van der Waals surface area contributed by atoms with Crippen molar-refractivity contribution in [3.8, 4) is 0 Å². The molecular formula is C18H25N5O3S. The van der Waals surface area contributed by atoms with E-state index in [1.54, 1.807) is 7.11 Å². The first kappa shape index (κ1) is 19.5. The van der Waals surface area contributed by atoms with Crippen molar-refractivity contribution in [2.75, 3.05) is 32.3 Å². The fraction of sp³-hybridized carbons (Fsp3) is 0.444. The lowest BCUT2D eigenvalue weighted by Crippen LogP contribution is -2.23. The molecule has 0 spiro atoms. The molecule has 8 nitrogen and oxygen atoms in total. The molecule has 0 amide bonds. The van der Waals surface area contributed by atoms with Crippen LogP contribution in [0.15, 0.2) is 24.3 Å². The lowest BCUT2D eigenvalue weighted by Gasteiger charge is -2.09. The van der Waals surface area contributed by atoms with Crippen molar-refractivity contribution in [1.29, 1.82) is 0 Å². The van der Waals surface area contributed by atoms with Crippen LogP contribution in [0.3, 0.4) is 0 Å². The predicted molar refractivity (Wildman–Crippen MR) is 107 cm³/mol. The van der Waals surface area contributed by atoms with Crippen LogP contribution in [0.5, 0.6) is 0 Å². The summed E-state index contributed by atoms with van der Waals surface area (Å²) in [6, 6.07) is 7.89. The Morgan fingerprint density at radius 3 is 2.78 bits per heavy atom. The fourth-order valence-corrected chi connectivity index (χ4v) is 3.73. The molecule has 0 aliphatic rings. The second-order valence-electron chi connectivity index (χ2n) is 6.52. The molecule has 3 N–H and O–H groups in total. The minimum absolute atomic E-state index is 0.417. The van der Waals surface area contributed by atoms with E-state index in [1.165, 1.54) is 6.26 Å². The number of pyridine rings is 1. The molecule has 0 saturated heterocycles. The smallest absolute Gasteiger partial charge is 0.208 e. The highest BCUT2D eigenvalue weighted by Gasteiger charge is 2.17. The first-order valence-electron chi connectivity index (χ1n) is 8.88. The third-order valence-electron chi connectivity index (χ3n) is 4.43. The van der Waals surface area contributed by atoms with Crippen LogP contribution in [0.25, 0.3) is 21.8 Å². The molecule has 2 heterocycles. The van der Waals surface area contributed by atoms with Crippen molar-refractivity contribution in [2.45, 2.75) is 25.8 Å². The molecule has 0 saturated carbocycles. The SMILES string of the molecule is COCCn1nc2c(N)nc3ccccc3c2c1CCCCNS(C)(=O)=O. The van der Waals surface area contributed by atoms with Crippen molar-refractivity contribution in [3.63, 3.8) is 0 Å². The Hall–Kier alpha value is -2.23. The molecule has 0 unspecified atom stereocenters. The average molecular weight is 391 g/mol. The second kappa shape index (κ2) is 8.20. The maximum atomic E-state index is 11.2. The van der Waals surface area contributed by atoms with E-state index in [4.69, 9.17) is 10.5 Å². The maximum absolute atomic E-state index is 11.2. The molecule has 0 aliphatic heterocycles. The van der Waals surface area contributed by atoms with Gasteiger partial charge < -0.3 is 10.5 Å². The van der Waals surface area contributed by atoms with Crippen LogP contribution < -0.4 is 10.5 Å². The summed E-state index contributed by atoms with van der Waals surface area (Å²) >= 11 is 0. The Kier molecular flexibility index (Phi) is 5.93. The first-order valence-corrected chi connectivity index (χ1v) is 10.8. The zero-order valence-electron chi connectivity index (χ0n) is 15.6. The van der Waals surface area contributed by atoms with Crippen LogP contribution >= 0.6 is 0 Å². The van der Waals surface area contributed by atoms with Crippen LogP contribution in [-0.2, 0) is 27.7 Å². The largest absolute Gasteiger partial charge is 0.383 e. The van der Waals surface area contributed by atoms with Gasteiger partial charge in [-0.3, -0.25) is 4.68 Å². The number of ether oxygens (including phenoxy) is 1. The van der Waals surface area contributed by atoms with Crippen molar-refractivity contribution in [2.24, 2.45) is 0 Å². The fourth-order valence-electron chi connectivity index (χ4n) is 3.22. The number of hydrogen-bond acceptors (Lipinski definition) is 6. The lowest BCUT2D eigenvalue weighted by molar-refractivity contribution is 0.182. The van der Waals surface area contributed by atoms with Gasteiger partial charge in [-0.15, -0.1) is 0 Å². The van der Waals surface area contributed by atoms with Crippen LogP contribution in [-0.4, -0.2) is 49.7 Å². The molecule has 0 radical (unpaired) electrons. The number of para-hydroxylation sites is 1. The Balaban J connectivity index is 1.94. The van der Waals surface area contributed by atoms with Gasteiger partial charge in [0.15, 0.2) is 5.82 Å². The molecule has 0 fully saturated rings. The van der Waals surface area contributed by atoms with E-state index in [0.29, 0.717) is 31.0 Å². The minimum Gasteiger partial charge on any atom is -0.383 e. The normalized spacial score (nSPS) is 12.2. The molecule has 3 rings (SSSR count). The van der Waals surface area contributed by atoms with Gasteiger partial charge in [0.25, 0.3) is 0 Å². The number of anilines is 1. The summed E-state index contributed by atoms with van der Waals surface area (Å²) in [6.45, 7) is 1.59. The predicted octanol–water partition coefficient (Wildman–Crippen LogP) is 1.69. The highest BCUT2D eigenvalue weighted by atomic mass is 32.2. The summed E-state index contributed by atoms with van der Waals surface area (Å²) in [5.41, 5.74) is 8.78. The topological polar surface area (TPSA) is 112 Å². The van der Waals surface area contributed by atoms with E-state index in [-0.39, 0.29) is 0 Å². The zero-order chi connectivity index (χ0) is 19.4. The minimum atomic E-state index is -3.16. The van der Waals surface area contributed by atoms with Gasteiger partial charge in [0.05, 0.1) is 24.9 Å². The molecule has 0 atom stereocenters. The van der Waals surface area contributed by atoms with Gasteiger partial charge in [-0.25, -0.2) is 18.1 Å². The first-order chi connectivity index (χ1) is 12.9. The number of nitrogens with two attached hydrogens (primary N) is 1. The molecule has 27 heavy (non-hydrogen) atoms. The molecule has 146 valence electrons. The van der Waals surface area contributed by atoms with E-state index in [1.807, 2.05) is 28.9 Å². The summed E-state index contributed by atoms with van der Waals surface area (Å²) in [6.07, 6.45) is 3.50. The second-order valence-corrected chi connectivity index (χ2v) is 8.36. The average Bonchev–Trinajstić information content (AvgIpc) is 2.98. The summed E-state index contributed by atoms with van der Waals surface area (Å²) in [7, 11) is -1.50. The number of nitrogen functional groups attached to an aromatic ring is 1. The molecule has 9 heteroatoms. The van der Waals surface area contributed by atoms with Gasteiger partial charge in [-0.1, -0.05) is 18.2 Å². The standard InChI is InChI=1S/C18H25N5O3S/c1-26-12-11-23-15(9-5-6-10-20-27(2,24)25)16-13-7-3-4-8-14(13)21-18(19)17(16)22-23/h3-4,7-8,20H,5-6,9-12H2,1-2H3,(H2,19,21). The van der Waals surface area contributed by atoms with Crippen molar-refractivity contribution < 1.29 is 13.2 Å². The van der Waals surface area contributed by atoms with Gasteiger partial charge in [0.1, 0.15) is 5.52 Å². The van der Waals surface area contributed by atoms with Crippen LogP contribution in [0, 0.1) is 0 Å². The van der Waals surface area contributed by atoms with Gasteiger partial charge in [0, 0.05) is 30.1 Å². The number of sulfonamides is 1. The highest BCUT2D eigenvalue weighted by Crippen LogP contribution is 2.31. The zero-order valence-corrected chi connectivity index (χ0v) is 16.4. The van der Waals surface area contributed by atoms with E-state index in [9.17, 15) is 8.42 Å². The maximum Gasteiger partial charge on any atom is 0.208 e. The Morgan fingerprint density at radius 1 is 1.26 bits per heavy atom. The van der Waals surface area contributed by atoms with Gasteiger partial charge in [0.2, 0.25) is 10.0 Å². The molecule has 3 aromatic rings.